The third-order valence-corrected chi connectivity index (χ3v) is 8.12. The number of carbonyl (C=O) groups is 4. The predicted octanol–water partition coefficient (Wildman–Crippen LogP) is 3.51. The summed E-state index contributed by atoms with van der Waals surface area (Å²) in [6, 6.07) is 14.7. The third-order valence-electron chi connectivity index (χ3n) is 8.12. The summed E-state index contributed by atoms with van der Waals surface area (Å²) in [6.07, 6.45) is 1.60. The number of aliphatic imine (C=N–C) groups is 1. The second-order valence-corrected chi connectivity index (χ2v) is 12.6. The average Bonchev–Trinajstić information content (AvgIpc) is 3.71. The lowest BCUT2D eigenvalue weighted by molar-refractivity contribution is -0.171. The van der Waals surface area contributed by atoms with Gasteiger partial charge in [0, 0.05) is 32.7 Å². The molecule has 46 heavy (non-hydrogen) atoms. The fourth-order valence-electron chi connectivity index (χ4n) is 5.47. The molecule has 2 aromatic carbocycles. The fraction of sp³-hybridized carbons (Fsp3) is 0.500. The minimum absolute atomic E-state index is 0.0703. The van der Waals surface area contributed by atoms with Crippen LogP contribution in [0.3, 0.4) is 0 Å². The van der Waals surface area contributed by atoms with Crippen LogP contribution in [0.1, 0.15) is 51.7 Å². The van der Waals surface area contributed by atoms with E-state index in [4.69, 9.17) is 9.57 Å². The Kier molecular flexibility index (Phi) is 11.8. The molecule has 0 spiro atoms. The van der Waals surface area contributed by atoms with Crippen molar-refractivity contribution in [3.63, 3.8) is 0 Å². The van der Waals surface area contributed by atoms with Gasteiger partial charge in [0.25, 0.3) is 5.91 Å². The predicted molar refractivity (Wildman–Crippen MR) is 175 cm³/mol. The molecule has 2 unspecified atom stereocenters. The number of hydrogen-bond acceptors (Lipinski definition) is 8. The first-order valence-corrected chi connectivity index (χ1v) is 15.8. The number of ether oxygens (including phenoxy) is 1. The number of carbonyl (C=O) groups excluding carboxylic acids is 4. The number of hydroxylamine groups is 2. The van der Waals surface area contributed by atoms with E-state index < -0.39 is 42.3 Å². The molecule has 0 bridgehead atoms. The average molecular weight is 635 g/mol. The van der Waals surface area contributed by atoms with Crippen LogP contribution in [0.5, 0.6) is 0 Å². The van der Waals surface area contributed by atoms with Gasteiger partial charge >= 0.3 is 6.09 Å². The fourth-order valence-corrected chi connectivity index (χ4v) is 5.47. The molecule has 2 heterocycles. The molecule has 248 valence electrons. The van der Waals surface area contributed by atoms with Gasteiger partial charge in [-0.2, -0.15) is 5.06 Å². The van der Waals surface area contributed by atoms with Crippen molar-refractivity contribution in [2.45, 2.75) is 77.9 Å². The standard InChI is InChI=1S/C34H46N6O6/c1-22(2)29(37-34(44)45-20-24-12-8-7-9-13-24)32(42)39-17-11-16-27(39)31(41)36-30(23(3)4)33(43)40-21-35-28(46-40)19-25-14-10-15-26(18-25)38(5)6/h7-10,12-15,18,21-23,27-30H,11,16-17,19-20H2,1-6H3,(H,36,41)(H,37,44)/t27-,28?,29-,30?/m0/s1. The van der Waals surface area contributed by atoms with Crippen molar-refractivity contribution in [3.05, 3.63) is 65.7 Å². The first-order valence-electron chi connectivity index (χ1n) is 15.8. The molecular formula is C34H46N6O6. The number of likely N-dealkylation sites (tertiary alicyclic amines) is 1. The van der Waals surface area contributed by atoms with Gasteiger partial charge in [-0.1, -0.05) is 70.2 Å². The lowest BCUT2D eigenvalue weighted by Gasteiger charge is -2.32. The lowest BCUT2D eigenvalue weighted by Crippen LogP contribution is -2.58. The van der Waals surface area contributed by atoms with E-state index in [1.165, 1.54) is 11.2 Å². The Hall–Kier alpha value is -4.45. The lowest BCUT2D eigenvalue weighted by atomic mass is 10.0. The van der Waals surface area contributed by atoms with Crippen LogP contribution in [0.25, 0.3) is 0 Å². The van der Waals surface area contributed by atoms with E-state index in [0.717, 1.165) is 21.9 Å². The van der Waals surface area contributed by atoms with Gasteiger partial charge in [0.2, 0.25) is 11.8 Å². The van der Waals surface area contributed by atoms with Gasteiger partial charge in [0.1, 0.15) is 31.1 Å². The van der Waals surface area contributed by atoms with Gasteiger partial charge in [-0.05, 0) is 47.9 Å². The quantitative estimate of drug-likeness (QED) is 0.365. The van der Waals surface area contributed by atoms with Crippen molar-refractivity contribution < 1.29 is 28.8 Å². The van der Waals surface area contributed by atoms with Crippen LogP contribution in [0.4, 0.5) is 10.5 Å². The minimum atomic E-state index is -0.903. The number of hydrogen-bond donors (Lipinski definition) is 2. The number of rotatable bonds is 12. The van der Waals surface area contributed by atoms with Gasteiger partial charge < -0.3 is 25.2 Å². The van der Waals surface area contributed by atoms with Crippen molar-refractivity contribution in [2.75, 3.05) is 25.5 Å². The second-order valence-electron chi connectivity index (χ2n) is 12.6. The van der Waals surface area contributed by atoms with Gasteiger partial charge in [-0.3, -0.25) is 14.4 Å². The first kappa shape index (κ1) is 34.4. The van der Waals surface area contributed by atoms with Crippen LogP contribution >= 0.6 is 0 Å². The highest BCUT2D eigenvalue weighted by Gasteiger charge is 2.41. The molecule has 12 nitrogen and oxygen atoms in total. The van der Waals surface area contributed by atoms with E-state index in [9.17, 15) is 19.2 Å². The Morgan fingerprint density at radius 2 is 1.61 bits per heavy atom. The molecule has 0 aromatic heterocycles. The highest BCUT2D eigenvalue weighted by Crippen LogP contribution is 2.23. The first-order chi connectivity index (χ1) is 21.9. The van der Waals surface area contributed by atoms with Crippen molar-refractivity contribution >= 4 is 35.8 Å². The van der Waals surface area contributed by atoms with Crippen molar-refractivity contribution in [1.82, 2.24) is 20.6 Å². The van der Waals surface area contributed by atoms with Crippen LogP contribution in [-0.2, 0) is 37.0 Å². The van der Waals surface area contributed by atoms with E-state index in [0.29, 0.717) is 25.8 Å². The molecule has 2 aliphatic rings. The van der Waals surface area contributed by atoms with Crippen LogP contribution in [0.2, 0.25) is 0 Å². The summed E-state index contributed by atoms with van der Waals surface area (Å²) in [6.45, 7) is 7.74. The number of benzene rings is 2. The minimum Gasteiger partial charge on any atom is -0.445 e. The molecule has 2 aliphatic heterocycles. The summed E-state index contributed by atoms with van der Waals surface area (Å²) >= 11 is 0. The van der Waals surface area contributed by atoms with Crippen molar-refractivity contribution in [3.8, 4) is 0 Å². The Bertz CT molecular complexity index is 1400. The van der Waals surface area contributed by atoms with Gasteiger partial charge in [-0.15, -0.1) is 0 Å². The van der Waals surface area contributed by atoms with Gasteiger partial charge in [0.15, 0.2) is 6.23 Å². The number of nitrogens with one attached hydrogen (secondary N) is 2. The summed E-state index contributed by atoms with van der Waals surface area (Å²) in [5.74, 6) is -1.76. The van der Waals surface area contributed by atoms with Crippen molar-refractivity contribution in [2.24, 2.45) is 16.8 Å². The zero-order valence-electron chi connectivity index (χ0n) is 27.5. The maximum atomic E-state index is 13.7. The molecule has 4 amide bonds. The molecule has 12 heteroatoms. The summed E-state index contributed by atoms with van der Waals surface area (Å²) in [5.41, 5.74) is 2.89. The summed E-state index contributed by atoms with van der Waals surface area (Å²) in [7, 11) is 3.93. The highest BCUT2D eigenvalue weighted by atomic mass is 16.7. The van der Waals surface area contributed by atoms with Crippen LogP contribution < -0.4 is 15.5 Å². The van der Waals surface area contributed by atoms with E-state index in [2.05, 4.69) is 15.6 Å². The van der Waals surface area contributed by atoms with Crippen LogP contribution in [-0.4, -0.2) is 85.1 Å². The Balaban J connectivity index is 1.35. The zero-order chi connectivity index (χ0) is 33.4. The zero-order valence-corrected chi connectivity index (χ0v) is 27.5. The molecule has 1 saturated heterocycles. The number of anilines is 1. The molecule has 0 aliphatic carbocycles. The molecule has 4 rings (SSSR count). The number of amides is 4. The van der Waals surface area contributed by atoms with Crippen LogP contribution in [0.15, 0.2) is 59.6 Å². The maximum Gasteiger partial charge on any atom is 0.408 e. The van der Waals surface area contributed by atoms with E-state index in [1.54, 1.807) is 0 Å². The molecule has 2 aromatic rings. The van der Waals surface area contributed by atoms with E-state index in [1.807, 2.05) is 101 Å². The SMILES string of the molecule is CC(C)C(NC(=O)[C@@H]1CCCN1C(=O)[C@@H](NC(=O)OCc1ccccc1)C(C)C)C(=O)N1C=NC(Cc2cccc(N(C)C)c2)O1. The number of nitrogens with zero attached hydrogens (tertiary/aromatic N) is 4. The van der Waals surface area contributed by atoms with Gasteiger partial charge in [0.05, 0.1) is 0 Å². The summed E-state index contributed by atoms with van der Waals surface area (Å²) in [5, 5.41) is 6.64. The number of alkyl carbamates (subject to hydrolysis) is 1. The normalized spacial score (nSPS) is 18.9. The Morgan fingerprint density at radius 3 is 2.28 bits per heavy atom. The largest absolute Gasteiger partial charge is 0.445 e. The Labute approximate surface area is 271 Å². The molecule has 1 fully saturated rings. The van der Waals surface area contributed by atoms with E-state index >= 15 is 0 Å². The molecule has 4 atom stereocenters. The molecule has 0 saturated carbocycles. The Morgan fingerprint density at radius 1 is 0.935 bits per heavy atom. The molecule has 0 radical (unpaired) electrons. The van der Waals surface area contributed by atoms with E-state index in [-0.39, 0.29) is 24.3 Å². The second kappa shape index (κ2) is 15.7. The van der Waals surface area contributed by atoms with Crippen molar-refractivity contribution in [1.29, 1.82) is 0 Å². The monoisotopic (exact) mass is 634 g/mol. The topological polar surface area (TPSA) is 133 Å². The molecule has 2 N–H and O–H groups in total. The molecular weight excluding hydrogens is 588 g/mol. The van der Waals surface area contributed by atoms with Gasteiger partial charge in [-0.25, -0.2) is 14.6 Å². The summed E-state index contributed by atoms with van der Waals surface area (Å²) < 4.78 is 5.34. The third kappa shape index (κ3) is 8.84. The highest BCUT2D eigenvalue weighted by molar-refractivity contribution is 5.96. The summed E-state index contributed by atoms with van der Waals surface area (Å²) in [4.78, 5) is 67.1. The smallest absolute Gasteiger partial charge is 0.408 e. The maximum absolute atomic E-state index is 13.7. The van der Waals surface area contributed by atoms with Crippen LogP contribution in [0, 0.1) is 11.8 Å².